The highest BCUT2D eigenvalue weighted by Crippen LogP contribution is 2.40. The van der Waals surface area contributed by atoms with Crippen LogP contribution in [0, 0.1) is 0 Å². The lowest BCUT2D eigenvalue weighted by molar-refractivity contribution is -0.431. The Bertz CT molecular complexity index is 439. The molecule has 10 heteroatoms. The zero-order valence-corrected chi connectivity index (χ0v) is 8.06. The number of hydrogen-bond acceptors (Lipinski definition) is 0. The smallest absolute Gasteiger partial charge is 0.206 e. The fourth-order valence-electron chi connectivity index (χ4n) is 1.12. The lowest BCUT2D eigenvalue weighted by atomic mass is 10.1. The molecule has 1 nitrogen and oxygen atoms in total. The minimum absolute atomic E-state index is 0.169. The van der Waals surface area contributed by atoms with Crippen molar-refractivity contribution in [3.63, 3.8) is 0 Å². The number of alkyl halides is 9. The van der Waals surface area contributed by atoms with Gasteiger partial charge in [-0.25, -0.2) is 4.98 Å². The van der Waals surface area contributed by atoms with E-state index in [1.165, 1.54) is 0 Å². The fraction of sp³-hybridized carbons (Fsp3) is 0.375. The maximum Gasteiger partial charge on any atom is 0.478 e. The molecule has 0 radical (unpaired) electrons. The summed E-state index contributed by atoms with van der Waals surface area (Å²) >= 11 is 0. The summed E-state index contributed by atoms with van der Waals surface area (Å²) in [7, 11) is 0. The fourth-order valence-corrected chi connectivity index (χ4v) is 1.12. The first-order valence-corrected chi connectivity index (χ1v) is 4.11. The van der Waals surface area contributed by atoms with Crippen LogP contribution in [0.4, 0.5) is 39.5 Å². The van der Waals surface area contributed by atoms with Gasteiger partial charge in [0, 0.05) is 0 Å². The van der Waals surface area contributed by atoms with Crippen LogP contribution in [0.2, 0.25) is 0 Å². The van der Waals surface area contributed by atoms with E-state index in [-0.39, 0.29) is 6.20 Å². The molecule has 0 aliphatic rings. The largest absolute Gasteiger partial charge is 0.478 e. The number of aromatic amines is 1. The van der Waals surface area contributed by atoms with Crippen LogP contribution < -0.4 is 4.98 Å². The predicted molar refractivity (Wildman–Crippen MR) is 38.0 cm³/mol. The SMILES string of the molecule is FC(F)(F)c1c[nH+]c(C(F)(F)F)c(C(F)(F)F)c1. The summed E-state index contributed by atoms with van der Waals surface area (Å²) in [6, 6.07) is -0.584. The van der Waals surface area contributed by atoms with Crippen LogP contribution in [0.15, 0.2) is 12.3 Å². The normalized spacial score (nSPS) is 13.8. The van der Waals surface area contributed by atoms with Crippen LogP contribution in [-0.2, 0) is 18.5 Å². The van der Waals surface area contributed by atoms with Crippen molar-refractivity contribution in [2.45, 2.75) is 18.5 Å². The van der Waals surface area contributed by atoms with Crippen molar-refractivity contribution < 1.29 is 44.5 Å². The van der Waals surface area contributed by atoms with E-state index in [1.54, 1.807) is 0 Å². The van der Waals surface area contributed by atoms with Crippen molar-refractivity contribution in [1.82, 2.24) is 0 Å². The minimum atomic E-state index is -5.55. The Labute approximate surface area is 93.2 Å². The summed E-state index contributed by atoms with van der Waals surface area (Å²) in [4.78, 5) is 0.994. The van der Waals surface area contributed by atoms with Gasteiger partial charge in [0.25, 0.3) is 5.69 Å². The van der Waals surface area contributed by atoms with E-state index >= 15 is 0 Å². The van der Waals surface area contributed by atoms with Crippen molar-refractivity contribution in [2.75, 3.05) is 0 Å². The molecule has 1 heterocycles. The Morgan fingerprint density at radius 2 is 1.22 bits per heavy atom. The maximum absolute atomic E-state index is 12.3. The van der Waals surface area contributed by atoms with Gasteiger partial charge >= 0.3 is 18.5 Å². The highest BCUT2D eigenvalue weighted by atomic mass is 19.4. The summed E-state index contributed by atoms with van der Waals surface area (Å²) in [5, 5.41) is 0. The lowest BCUT2D eigenvalue weighted by Gasteiger charge is -2.12. The molecule has 0 unspecified atom stereocenters. The molecule has 1 aromatic rings. The molecule has 0 fully saturated rings. The number of nitrogens with one attached hydrogen (secondary N) is 1. The Kier molecular flexibility index (Phi) is 3.26. The van der Waals surface area contributed by atoms with Crippen LogP contribution >= 0.6 is 0 Å². The average Bonchev–Trinajstić information content (AvgIpc) is 2.12. The molecular formula is C8H3F9N+. The average molecular weight is 284 g/mol. The van der Waals surface area contributed by atoms with E-state index in [4.69, 9.17) is 0 Å². The number of pyridine rings is 1. The maximum atomic E-state index is 12.3. The van der Waals surface area contributed by atoms with Crippen LogP contribution in [-0.4, -0.2) is 0 Å². The molecule has 1 rings (SSSR count). The Hall–Kier alpha value is -1.48. The van der Waals surface area contributed by atoms with E-state index in [0.29, 0.717) is 0 Å². The molecule has 102 valence electrons. The van der Waals surface area contributed by atoms with Gasteiger partial charge in [0.15, 0.2) is 6.20 Å². The van der Waals surface area contributed by atoms with Crippen molar-refractivity contribution in [3.8, 4) is 0 Å². The lowest BCUT2D eigenvalue weighted by Crippen LogP contribution is -2.29. The molecule has 0 saturated heterocycles. The first-order valence-electron chi connectivity index (χ1n) is 4.11. The first kappa shape index (κ1) is 14.6. The summed E-state index contributed by atoms with van der Waals surface area (Å²) in [5.74, 6) is 0. The number of halogens is 9. The molecule has 0 spiro atoms. The molecule has 0 bridgehead atoms. The molecule has 18 heavy (non-hydrogen) atoms. The van der Waals surface area contributed by atoms with E-state index in [1.807, 2.05) is 0 Å². The van der Waals surface area contributed by atoms with Crippen molar-refractivity contribution in [2.24, 2.45) is 0 Å². The summed E-state index contributed by atoms with van der Waals surface area (Å²) < 4.78 is 110. The van der Waals surface area contributed by atoms with Crippen molar-refractivity contribution in [1.29, 1.82) is 0 Å². The third-order valence-electron chi connectivity index (χ3n) is 1.86. The van der Waals surface area contributed by atoms with Crippen LogP contribution in [0.1, 0.15) is 16.8 Å². The number of H-pyrrole nitrogens is 1. The number of rotatable bonds is 0. The second kappa shape index (κ2) is 4.02. The van der Waals surface area contributed by atoms with Crippen molar-refractivity contribution >= 4 is 0 Å². The van der Waals surface area contributed by atoms with Crippen molar-refractivity contribution in [3.05, 3.63) is 29.1 Å². The highest BCUT2D eigenvalue weighted by Gasteiger charge is 2.50. The molecule has 0 saturated carbocycles. The van der Waals surface area contributed by atoms with Crippen LogP contribution in [0.25, 0.3) is 0 Å². The number of aromatic nitrogens is 1. The molecule has 1 aromatic heterocycles. The van der Waals surface area contributed by atoms with Gasteiger partial charge in [0.1, 0.15) is 11.1 Å². The van der Waals surface area contributed by atoms with Gasteiger partial charge < -0.3 is 0 Å². The molecule has 0 amide bonds. The molecule has 0 aromatic carbocycles. The van der Waals surface area contributed by atoms with E-state index < -0.39 is 41.4 Å². The van der Waals surface area contributed by atoms with Crippen LogP contribution in [0.5, 0.6) is 0 Å². The Morgan fingerprint density at radius 3 is 1.56 bits per heavy atom. The van der Waals surface area contributed by atoms with E-state index in [2.05, 4.69) is 0 Å². The van der Waals surface area contributed by atoms with E-state index in [9.17, 15) is 39.5 Å². The highest BCUT2D eigenvalue weighted by molar-refractivity contribution is 5.27. The second-order valence-electron chi connectivity index (χ2n) is 3.17. The molecule has 0 atom stereocenters. The predicted octanol–water partition coefficient (Wildman–Crippen LogP) is 3.56. The Morgan fingerprint density at radius 1 is 0.722 bits per heavy atom. The Balaban J connectivity index is 3.50. The monoisotopic (exact) mass is 284 g/mol. The third kappa shape index (κ3) is 3.05. The number of hydrogen-bond donors (Lipinski definition) is 0. The van der Waals surface area contributed by atoms with E-state index in [0.717, 1.165) is 4.98 Å². The van der Waals surface area contributed by atoms with Gasteiger partial charge in [-0.05, 0) is 6.07 Å². The van der Waals surface area contributed by atoms with Gasteiger partial charge in [-0.2, -0.15) is 39.5 Å². The standard InChI is InChI=1S/C8H2F9N/c9-6(10,11)3-1-4(7(12,13)14)5(18-2-3)8(15,16)17/h1-2H/p+1. The summed E-state index contributed by atoms with van der Waals surface area (Å²) in [5.41, 5.74) is -6.53. The zero-order chi connectivity index (χ0) is 14.4. The zero-order valence-electron chi connectivity index (χ0n) is 8.06. The second-order valence-corrected chi connectivity index (χ2v) is 3.17. The van der Waals surface area contributed by atoms with Gasteiger partial charge in [-0.1, -0.05) is 0 Å². The third-order valence-corrected chi connectivity index (χ3v) is 1.86. The van der Waals surface area contributed by atoms with Gasteiger partial charge in [0.05, 0.1) is 0 Å². The minimum Gasteiger partial charge on any atom is -0.206 e. The van der Waals surface area contributed by atoms with Gasteiger partial charge in [-0.15, -0.1) is 0 Å². The topological polar surface area (TPSA) is 14.1 Å². The summed E-state index contributed by atoms with van der Waals surface area (Å²) in [6.45, 7) is 0. The quantitative estimate of drug-likeness (QED) is 0.647. The molecular weight excluding hydrogens is 281 g/mol. The molecule has 0 aliphatic heterocycles. The van der Waals surface area contributed by atoms with Gasteiger partial charge in [0.2, 0.25) is 0 Å². The van der Waals surface area contributed by atoms with Gasteiger partial charge in [-0.3, -0.25) is 0 Å². The molecule has 1 N–H and O–H groups in total. The first-order chi connectivity index (χ1) is 7.83. The summed E-state index contributed by atoms with van der Waals surface area (Å²) in [6.07, 6.45) is -16.3. The molecule has 0 aliphatic carbocycles. The van der Waals surface area contributed by atoms with Crippen LogP contribution in [0.3, 0.4) is 0 Å².